The first-order valence-electron chi connectivity index (χ1n) is 6.06. The number of para-hydroxylation sites is 1. The highest BCUT2D eigenvalue weighted by Crippen LogP contribution is 2.35. The molecule has 1 heterocycles. The third-order valence-corrected chi connectivity index (χ3v) is 4.13. The Morgan fingerprint density at radius 3 is 2.58 bits per heavy atom. The van der Waals surface area contributed by atoms with E-state index in [1.807, 2.05) is 55.5 Å². The van der Waals surface area contributed by atoms with E-state index in [2.05, 4.69) is 4.99 Å². The summed E-state index contributed by atoms with van der Waals surface area (Å²) < 4.78 is 1.08. The first-order valence-corrected chi connectivity index (χ1v) is 6.87. The number of rotatable bonds is 2. The van der Waals surface area contributed by atoms with Gasteiger partial charge in [0.1, 0.15) is 5.75 Å². The van der Waals surface area contributed by atoms with E-state index >= 15 is 0 Å². The molecule has 3 heteroatoms. The first-order chi connectivity index (χ1) is 9.25. The van der Waals surface area contributed by atoms with E-state index in [0.717, 1.165) is 26.2 Å². The second kappa shape index (κ2) is 4.86. The first kappa shape index (κ1) is 11.9. The van der Waals surface area contributed by atoms with Crippen LogP contribution in [0.3, 0.4) is 0 Å². The Bertz CT molecular complexity index is 758. The molecule has 0 amide bonds. The van der Waals surface area contributed by atoms with Crippen LogP contribution in [-0.2, 0) is 0 Å². The third kappa shape index (κ3) is 2.25. The molecule has 0 aliphatic rings. The molecule has 0 bridgehead atoms. The van der Waals surface area contributed by atoms with Crippen LogP contribution in [0.25, 0.3) is 10.1 Å². The van der Waals surface area contributed by atoms with E-state index in [4.69, 9.17) is 0 Å². The molecule has 0 saturated carbocycles. The molecule has 0 unspecified atom stereocenters. The van der Waals surface area contributed by atoms with E-state index in [1.165, 1.54) is 0 Å². The summed E-state index contributed by atoms with van der Waals surface area (Å²) in [6, 6.07) is 15.8. The van der Waals surface area contributed by atoms with Gasteiger partial charge in [-0.05, 0) is 30.7 Å². The van der Waals surface area contributed by atoms with Crippen LogP contribution in [0.15, 0.2) is 53.5 Å². The van der Waals surface area contributed by atoms with Crippen molar-refractivity contribution in [3.8, 4) is 5.75 Å². The Kier molecular flexibility index (Phi) is 3.05. The average Bonchev–Trinajstić information content (AvgIpc) is 2.75. The molecule has 94 valence electrons. The summed E-state index contributed by atoms with van der Waals surface area (Å²) in [4.78, 5) is 5.25. The van der Waals surface area contributed by atoms with Crippen LogP contribution in [-0.4, -0.2) is 11.3 Å². The minimum Gasteiger partial charge on any atom is -0.506 e. The van der Waals surface area contributed by atoms with Gasteiger partial charge in [-0.3, -0.25) is 4.99 Å². The number of aliphatic imine (C=N–C) groups is 1. The Morgan fingerprint density at radius 2 is 1.79 bits per heavy atom. The molecule has 0 saturated heterocycles. The standard InChI is InChI=1S/C16H13NOS/c1-11-6-2-4-8-13(11)17-10-15-16(18)12-7-3-5-9-14(12)19-15/h2-10,18H,1H3. The number of fused-ring (bicyclic) bond motifs is 1. The summed E-state index contributed by atoms with van der Waals surface area (Å²) in [7, 11) is 0. The highest BCUT2D eigenvalue weighted by atomic mass is 32.1. The fourth-order valence-electron chi connectivity index (χ4n) is 1.97. The summed E-state index contributed by atoms with van der Waals surface area (Å²) in [5.74, 6) is 0.318. The van der Waals surface area contributed by atoms with E-state index in [9.17, 15) is 5.11 Å². The second-order valence-electron chi connectivity index (χ2n) is 4.36. The number of hydrogen-bond acceptors (Lipinski definition) is 3. The van der Waals surface area contributed by atoms with Gasteiger partial charge >= 0.3 is 0 Å². The smallest absolute Gasteiger partial charge is 0.142 e. The minimum absolute atomic E-state index is 0.318. The van der Waals surface area contributed by atoms with Crippen molar-refractivity contribution in [2.24, 2.45) is 4.99 Å². The number of aromatic hydroxyl groups is 1. The van der Waals surface area contributed by atoms with Crippen LogP contribution in [0.2, 0.25) is 0 Å². The largest absolute Gasteiger partial charge is 0.506 e. The molecule has 0 fully saturated rings. The Labute approximate surface area is 115 Å². The number of hydrogen-bond donors (Lipinski definition) is 1. The maximum atomic E-state index is 10.2. The number of benzene rings is 2. The lowest BCUT2D eigenvalue weighted by atomic mass is 10.2. The molecule has 3 rings (SSSR count). The molecule has 0 atom stereocenters. The Hall–Kier alpha value is -2.13. The summed E-state index contributed by atoms with van der Waals surface area (Å²) in [6.45, 7) is 2.03. The SMILES string of the molecule is Cc1ccccc1N=Cc1sc2ccccc2c1O. The lowest BCUT2D eigenvalue weighted by Crippen LogP contribution is -1.77. The topological polar surface area (TPSA) is 32.6 Å². The molecule has 19 heavy (non-hydrogen) atoms. The molecule has 1 N–H and O–H groups in total. The fraction of sp³-hybridized carbons (Fsp3) is 0.0625. The van der Waals surface area contributed by atoms with Gasteiger partial charge in [-0.15, -0.1) is 11.3 Å². The highest BCUT2D eigenvalue weighted by Gasteiger charge is 2.08. The Balaban J connectivity index is 2.02. The lowest BCUT2D eigenvalue weighted by molar-refractivity contribution is 0.483. The van der Waals surface area contributed by atoms with Gasteiger partial charge in [-0.1, -0.05) is 30.3 Å². The van der Waals surface area contributed by atoms with Crippen LogP contribution in [0.5, 0.6) is 5.75 Å². The predicted octanol–water partition coefficient (Wildman–Crippen LogP) is 4.67. The molecule has 1 aromatic heterocycles. The van der Waals surface area contributed by atoms with Gasteiger partial charge in [-0.25, -0.2) is 0 Å². The number of nitrogens with zero attached hydrogens (tertiary/aromatic N) is 1. The van der Waals surface area contributed by atoms with Gasteiger partial charge in [0.15, 0.2) is 0 Å². The van der Waals surface area contributed by atoms with E-state index < -0.39 is 0 Å². The maximum absolute atomic E-state index is 10.2. The fourth-order valence-corrected chi connectivity index (χ4v) is 2.94. The van der Waals surface area contributed by atoms with Crippen molar-refractivity contribution in [1.29, 1.82) is 0 Å². The molecule has 0 radical (unpaired) electrons. The van der Waals surface area contributed by atoms with Crippen molar-refractivity contribution < 1.29 is 5.11 Å². The van der Waals surface area contributed by atoms with E-state index in [0.29, 0.717) is 5.75 Å². The van der Waals surface area contributed by atoms with Crippen molar-refractivity contribution >= 4 is 33.3 Å². The lowest BCUT2D eigenvalue weighted by Gasteiger charge is -1.97. The Morgan fingerprint density at radius 1 is 1.05 bits per heavy atom. The third-order valence-electron chi connectivity index (χ3n) is 3.03. The second-order valence-corrected chi connectivity index (χ2v) is 5.44. The normalized spacial score (nSPS) is 11.4. The number of thiophene rings is 1. The van der Waals surface area contributed by atoms with Gasteiger partial charge in [0.2, 0.25) is 0 Å². The maximum Gasteiger partial charge on any atom is 0.142 e. The quantitative estimate of drug-likeness (QED) is 0.673. The molecule has 2 aromatic carbocycles. The van der Waals surface area contributed by atoms with Crippen molar-refractivity contribution in [2.75, 3.05) is 0 Å². The molecular formula is C16H13NOS. The van der Waals surface area contributed by atoms with E-state index in [-0.39, 0.29) is 0 Å². The molecule has 0 aliphatic heterocycles. The summed E-state index contributed by atoms with van der Waals surface area (Å²) >= 11 is 1.55. The molecular weight excluding hydrogens is 254 g/mol. The van der Waals surface area contributed by atoms with Crippen LogP contribution >= 0.6 is 11.3 Å². The van der Waals surface area contributed by atoms with E-state index in [1.54, 1.807) is 17.6 Å². The minimum atomic E-state index is 0.318. The average molecular weight is 267 g/mol. The van der Waals surface area contributed by atoms with Gasteiger partial charge in [0, 0.05) is 16.3 Å². The molecule has 0 aliphatic carbocycles. The van der Waals surface area contributed by atoms with Crippen molar-refractivity contribution in [1.82, 2.24) is 0 Å². The summed E-state index contributed by atoms with van der Waals surface area (Å²) in [6.07, 6.45) is 1.74. The van der Waals surface area contributed by atoms with Crippen LogP contribution in [0.4, 0.5) is 5.69 Å². The number of aryl methyl sites for hydroxylation is 1. The summed E-state index contributed by atoms with van der Waals surface area (Å²) in [5.41, 5.74) is 2.05. The monoisotopic (exact) mass is 267 g/mol. The zero-order valence-electron chi connectivity index (χ0n) is 10.5. The van der Waals surface area contributed by atoms with Crippen molar-refractivity contribution in [3.63, 3.8) is 0 Å². The molecule has 3 aromatic rings. The van der Waals surface area contributed by atoms with Crippen molar-refractivity contribution in [3.05, 3.63) is 59.0 Å². The van der Waals surface area contributed by atoms with Gasteiger partial charge in [-0.2, -0.15) is 0 Å². The van der Waals surface area contributed by atoms with Crippen LogP contribution in [0.1, 0.15) is 10.4 Å². The zero-order chi connectivity index (χ0) is 13.2. The van der Waals surface area contributed by atoms with Gasteiger partial charge in [0.25, 0.3) is 0 Å². The van der Waals surface area contributed by atoms with Crippen molar-refractivity contribution in [2.45, 2.75) is 6.92 Å². The zero-order valence-corrected chi connectivity index (χ0v) is 11.3. The highest BCUT2D eigenvalue weighted by molar-refractivity contribution is 7.21. The molecule has 2 nitrogen and oxygen atoms in total. The van der Waals surface area contributed by atoms with Gasteiger partial charge in [0.05, 0.1) is 10.6 Å². The van der Waals surface area contributed by atoms with Crippen LogP contribution < -0.4 is 0 Å². The van der Waals surface area contributed by atoms with Gasteiger partial charge < -0.3 is 5.11 Å². The van der Waals surface area contributed by atoms with Crippen LogP contribution in [0, 0.1) is 6.92 Å². The molecule has 0 spiro atoms. The summed E-state index contributed by atoms with van der Waals surface area (Å²) in [5, 5.41) is 11.0. The predicted molar refractivity (Wildman–Crippen MR) is 81.9 cm³/mol.